The lowest BCUT2D eigenvalue weighted by Gasteiger charge is -2.19. The van der Waals surface area contributed by atoms with E-state index < -0.39 is 5.97 Å². The van der Waals surface area contributed by atoms with Gasteiger partial charge in [-0.2, -0.15) is 5.21 Å². The Bertz CT molecular complexity index is 1350. The number of carbonyl (C=O) groups excluding carboxylic acids is 1. The lowest BCUT2D eigenvalue weighted by molar-refractivity contribution is 0.0520. The second kappa shape index (κ2) is 10.00. The number of nitrogens with zero attached hydrogens (tertiary/aromatic N) is 5. The minimum Gasteiger partial charge on any atom is -0.461 e. The number of imidazole rings is 1. The normalized spacial score (nSPS) is 14.8. The summed E-state index contributed by atoms with van der Waals surface area (Å²) < 4.78 is 7.25. The van der Waals surface area contributed by atoms with Gasteiger partial charge in [0.2, 0.25) is 5.82 Å². The summed E-state index contributed by atoms with van der Waals surface area (Å²) in [5, 5.41) is 14.9. The van der Waals surface area contributed by atoms with Crippen molar-refractivity contribution in [3.05, 3.63) is 70.3 Å². The van der Waals surface area contributed by atoms with E-state index in [4.69, 9.17) is 16.3 Å². The first-order valence-electron chi connectivity index (χ1n) is 12.0. The largest absolute Gasteiger partial charge is 0.461 e. The van der Waals surface area contributed by atoms with Gasteiger partial charge in [-0.15, -0.1) is 10.2 Å². The Kier molecular flexibility index (Phi) is 6.63. The van der Waals surface area contributed by atoms with Gasteiger partial charge in [-0.25, -0.2) is 9.78 Å². The summed E-state index contributed by atoms with van der Waals surface area (Å²) in [5.41, 5.74) is 5.75. The number of unbranched alkanes of at least 4 members (excludes halogenated alkanes) is 1. The molecule has 2 aromatic heterocycles. The van der Waals surface area contributed by atoms with Gasteiger partial charge in [-0.1, -0.05) is 67.4 Å². The molecule has 1 aliphatic carbocycles. The van der Waals surface area contributed by atoms with Crippen molar-refractivity contribution in [1.29, 1.82) is 0 Å². The molecule has 0 amide bonds. The molecule has 35 heavy (non-hydrogen) atoms. The number of H-pyrrole nitrogens is 1. The Balaban J connectivity index is 1.53. The minimum atomic E-state index is -0.472. The molecule has 8 nitrogen and oxygen atoms in total. The summed E-state index contributed by atoms with van der Waals surface area (Å²) >= 11 is 6.77. The van der Waals surface area contributed by atoms with Crippen molar-refractivity contribution in [2.24, 2.45) is 0 Å². The monoisotopic (exact) mass is 490 g/mol. The van der Waals surface area contributed by atoms with Crippen molar-refractivity contribution in [3.63, 3.8) is 0 Å². The fraction of sp³-hybridized carbons (Fsp3) is 0.346. The van der Waals surface area contributed by atoms with Gasteiger partial charge < -0.3 is 9.30 Å². The van der Waals surface area contributed by atoms with Crippen LogP contribution in [0.1, 0.15) is 66.6 Å². The standard InChI is InChI=1S/C26H27ClN6O2/c1-3-5-10-22-28-23(26(34)35-4-2)24(27)33(22)21-14-12-17-15-16(11-13-19(17)21)18-8-6-7-9-20(18)25-29-31-32-30-25/h6-9,11,13,15,21H,3-5,10,12,14H2,1-2H3,(H,29,30,31,32)/t21-/m0/s1. The molecule has 4 aromatic rings. The highest BCUT2D eigenvalue weighted by atomic mass is 35.5. The number of halogens is 1. The lowest BCUT2D eigenvalue weighted by atomic mass is 9.96. The molecular formula is C26H27ClN6O2. The predicted octanol–water partition coefficient (Wildman–Crippen LogP) is 5.44. The zero-order valence-electron chi connectivity index (χ0n) is 19.8. The smallest absolute Gasteiger partial charge is 0.360 e. The average Bonchev–Trinajstić information content (AvgIpc) is 3.62. The molecule has 0 fully saturated rings. The summed E-state index contributed by atoms with van der Waals surface area (Å²) in [6.45, 7) is 4.20. The van der Waals surface area contributed by atoms with Crippen molar-refractivity contribution in [3.8, 4) is 22.5 Å². The van der Waals surface area contributed by atoms with Crippen LogP contribution in [0.3, 0.4) is 0 Å². The highest BCUT2D eigenvalue weighted by Crippen LogP contribution is 2.41. The van der Waals surface area contributed by atoms with E-state index >= 15 is 0 Å². The molecule has 1 N–H and O–H groups in total. The van der Waals surface area contributed by atoms with Crippen molar-refractivity contribution in [2.45, 2.75) is 52.0 Å². The van der Waals surface area contributed by atoms with Crippen LogP contribution in [-0.2, 0) is 17.6 Å². The van der Waals surface area contributed by atoms with Crippen molar-refractivity contribution < 1.29 is 9.53 Å². The second-order valence-electron chi connectivity index (χ2n) is 8.61. The molecule has 0 unspecified atom stereocenters. The number of fused-ring (bicyclic) bond motifs is 1. The summed E-state index contributed by atoms with van der Waals surface area (Å²) in [6, 6.07) is 14.6. The summed E-state index contributed by atoms with van der Waals surface area (Å²) in [6.07, 6.45) is 4.57. The van der Waals surface area contributed by atoms with Crippen LogP contribution in [0, 0.1) is 0 Å². The molecule has 5 rings (SSSR count). The number of tetrazole rings is 1. The van der Waals surface area contributed by atoms with Gasteiger partial charge in [0.1, 0.15) is 11.0 Å². The van der Waals surface area contributed by atoms with Crippen molar-refractivity contribution in [1.82, 2.24) is 30.2 Å². The Morgan fingerprint density at radius 3 is 2.77 bits per heavy atom. The van der Waals surface area contributed by atoms with Gasteiger partial charge in [0.25, 0.3) is 0 Å². The SMILES string of the molecule is CCCCc1nc(C(=O)OCC)c(Cl)n1[C@H]1CCc2cc(-c3ccccc3-c3nn[nH]n3)ccc21. The molecule has 2 aromatic carbocycles. The number of aromatic amines is 1. The topological polar surface area (TPSA) is 98.6 Å². The van der Waals surface area contributed by atoms with Gasteiger partial charge in [0.15, 0.2) is 5.69 Å². The van der Waals surface area contributed by atoms with Crippen LogP contribution in [-0.4, -0.2) is 42.8 Å². The highest BCUT2D eigenvalue weighted by molar-refractivity contribution is 6.32. The Morgan fingerprint density at radius 1 is 1.20 bits per heavy atom. The molecule has 9 heteroatoms. The molecule has 180 valence electrons. The predicted molar refractivity (Wildman–Crippen MR) is 133 cm³/mol. The maximum absolute atomic E-state index is 12.5. The summed E-state index contributed by atoms with van der Waals surface area (Å²) in [5.74, 6) is 0.932. The maximum atomic E-state index is 12.5. The van der Waals surface area contributed by atoms with E-state index in [0.717, 1.165) is 54.6 Å². The molecule has 1 atom stereocenters. The van der Waals surface area contributed by atoms with Crippen LogP contribution in [0.25, 0.3) is 22.5 Å². The highest BCUT2D eigenvalue weighted by Gasteiger charge is 2.31. The molecule has 2 heterocycles. The number of esters is 1. The van der Waals surface area contributed by atoms with E-state index in [9.17, 15) is 4.79 Å². The molecule has 0 aliphatic heterocycles. The van der Waals surface area contributed by atoms with Crippen LogP contribution >= 0.6 is 11.6 Å². The molecule has 1 aliphatic rings. The molecule has 0 spiro atoms. The minimum absolute atomic E-state index is 0.0292. The average molecular weight is 491 g/mol. The van der Waals surface area contributed by atoms with E-state index in [-0.39, 0.29) is 18.3 Å². The number of ether oxygens (including phenoxy) is 1. The van der Waals surface area contributed by atoms with E-state index in [1.165, 1.54) is 11.1 Å². The van der Waals surface area contributed by atoms with Crippen molar-refractivity contribution >= 4 is 17.6 Å². The number of benzene rings is 2. The van der Waals surface area contributed by atoms with Gasteiger partial charge in [-0.05, 0) is 53.7 Å². The van der Waals surface area contributed by atoms with Crippen LogP contribution in [0.5, 0.6) is 0 Å². The van der Waals surface area contributed by atoms with E-state index in [2.05, 4.69) is 56.8 Å². The Hall–Kier alpha value is -3.52. The van der Waals surface area contributed by atoms with Crippen LogP contribution < -0.4 is 0 Å². The quantitative estimate of drug-likeness (QED) is 0.330. The number of aryl methyl sites for hydroxylation is 2. The third-order valence-electron chi connectivity index (χ3n) is 6.47. The molecular weight excluding hydrogens is 464 g/mol. The van der Waals surface area contributed by atoms with Gasteiger partial charge in [0.05, 0.1) is 12.6 Å². The number of rotatable bonds is 8. The van der Waals surface area contributed by atoms with Gasteiger partial charge >= 0.3 is 5.97 Å². The first-order chi connectivity index (χ1) is 17.1. The number of nitrogens with one attached hydrogen (secondary N) is 1. The second-order valence-corrected chi connectivity index (χ2v) is 8.97. The third-order valence-corrected chi connectivity index (χ3v) is 6.83. The third kappa shape index (κ3) is 4.34. The van der Waals surface area contributed by atoms with Crippen LogP contribution in [0.15, 0.2) is 42.5 Å². The summed E-state index contributed by atoms with van der Waals surface area (Å²) in [7, 11) is 0. The number of aromatic nitrogens is 6. The van der Waals surface area contributed by atoms with Gasteiger partial charge in [-0.3, -0.25) is 0 Å². The fourth-order valence-electron chi connectivity index (χ4n) is 4.85. The Morgan fingerprint density at radius 2 is 2.03 bits per heavy atom. The Labute approximate surface area is 208 Å². The van der Waals surface area contributed by atoms with E-state index in [1.54, 1.807) is 6.92 Å². The number of carbonyl (C=O) groups is 1. The number of hydrogen-bond donors (Lipinski definition) is 1. The van der Waals surface area contributed by atoms with E-state index in [0.29, 0.717) is 11.0 Å². The fourth-order valence-corrected chi connectivity index (χ4v) is 5.18. The summed E-state index contributed by atoms with van der Waals surface area (Å²) in [4.78, 5) is 17.1. The van der Waals surface area contributed by atoms with Crippen LogP contribution in [0.2, 0.25) is 5.15 Å². The van der Waals surface area contributed by atoms with Gasteiger partial charge in [0, 0.05) is 12.0 Å². The number of hydrogen-bond acceptors (Lipinski definition) is 6. The molecule has 0 saturated carbocycles. The lowest BCUT2D eigenvalue weighted by Crippen LogP contribution is -2.12. The molecule has 0 saturated heterocycles. The van der Waals surface area contributed by atoms with Crippen LogP contribution in [0.4, 0.5) is 0 Å². The van der Waals surface area contributed by atoms with E-state index in [1.807, 2.05) is 22.8 Å². The molecule has 0 bridgehead atoms. The van der Waals surface area contributed by atoms with Crippen molar-refractivity contribution in [2.75, 3.05) is 6.61 Å². The first-order valence-corrected chi connectivity index (χ1v) is 12.4. The first kappa shape index (κ1) is 23.2. The maximum Gasteiger partial charge on any atom is 0.360 e. The molecule has 0 radical (unpaired) electrons. The zero-order chi connectivity index (χ0) is 24.4. The zero-order valence-corrected chi connectivity index (χ0v) is 20.5.